The van der Waals surface area contributed by atoms with Crippen molar-refractivity contribution >= 4 is 0 Å². The van der Waals surface area contributed by atoms with Gasteiger partial charge in [-0.15, -0.1) is 0 Å². The fourth-order valence-corrected chi connectivity index (χ4v) is 4.34. The molecule has 2 saturated heterocycles. The first kappa shape index (κ1) is 22.1. The number of rotatable bonds is 9. The van der Waals surface area contributed by atoms with E-state index in [1.165, 1.54) is 37.6 Å². The lowest BCUT2D eigenvalue weighted by Crippen LogP contribution is -2.47. The minimum atomic E-state index is -0.917. The van der Waals surface area contributed by atoms with Gasteiger partial charge in [0.1, 0.15) is 24.6 Å². The Bertz CT molecular complexity index is 833. The van der Waals surface area contributed by atoms with Crippen molar-refractivity contribution in [1.29, 1.82) is 0 Å². The number of ether oxygens (including phenoxy) is 2. The molecule has 2 heterocycles. The minimum Gasteiger partial charge on any atom is -0.492 e. The average Bonchev–Trinajstić information content (AvgIpc) is 3.29. The number of piperidine rings is 1. The van der Waals surface area contributed by atoms with E-state index in [9.17, 15) is 9.50 Å². The summed E-state index contributed by atoms with van der Waals surface area (Å²) in [5.41, 5.74) is 0.297. The Morgan fingerprint density at radius 2 is 1.68 bits per heavy atom. The highest BCUT2D eigenvalue weighted by atomic mass is 19.1. The molecular weight excluding hydrogens is 395 g/mol. The van der Waals surface area contributed by atoms with Gasteiger partial charge in [-0.3, -0.25) is 9.80 Å². The predicted molar refractivity (Wildman–Crippen MR) is 119 cm³/mol. The first-order valence-corrected chi connectivity index (χ1v) is 11.4. The first-order valence-electron chi connectivity index (χ1n) is 11.4. The molecule has 5 nitrogen and oxygen atoms in total. The van der Waals surface area contributed by atoms with Gasteiger partial charge in [-0.1, -0.05) is 24.3 Å². The molecule has 0 aliphatic carbocycles. The fraction of sp³-hybridized carbons (Fsp3) is 0.520. The maximum Gasteiger partial charge on any atom is 0.165 e. The van der Waals surface area contributed by atoms with Gasteiger partial charge in [0.25, 0.3) is 0 Å². The van der Waals surface area contributed by atoms with Crippen molar-refractivity contribution in [1.82, 2.24) is 9.80 Å². The van der Waals surface area contributed by atoms with Gasteiger partial charge in [-0.2, -0.15) is 0 Å². The van der Waals surface area contributed by atoms with Gasteiger partial charge in [0.15, 0.2) is 11.6 Å². The third kappa shape index (κ3) is 6.42. The lowest BCUT2D eigenvalue weighted by atomic mass is 9.92. The summed E-state index contributed by atoms with van der Waals surface area (Å²) in [6.45, 7) is 6.59. The maximum absolute atomic E-state index is 13.7. The lowest BCUT2D eigenvalue weighted by molar-refractivity contribution is -0.0543. The van der Waals surface area contributed by atoms with Crippen LogP contribution >= 0.6 is 0 Å². The molecular formula is C25H33FN2O3. The highest BCUT2D eigenvalue weighted by Gasteiger charge is 2.33. The molecule has 0 amide bonds. The van der Waals surface area contributed by atoms with Crippen LogP contribution in [0.5, 0.6) is 11.5 Å². The summed E-state index contributed by atoms with van der Waals surface area (Å²) in [5, 5.41) is 10.8. The van der Waals surface area contributed by atoms with Gasteiger partial charge in [-0.05, 0) is 68.6 Å². The molecule has 2 aromatic carbocycles. The molecule has 2 aromatic rings. The second kappa shape index (κ2) is 10.4. The maximum atomic E-state index is 13.7. The van der Waals surface area contributed by atoms with Crippen molar-refractivity contribution in [3.8, 4) is 11.5 Å². The molecule has 0 saturated carbocycles. The molecule has 0 unspecified atom stereocenters. The van der Waals surface area contributed by atoms with Crippen LogP contribution in [0.15, 0.2) is 48.5 Å². The number of hydrogen-bond donors (Lipinski definition) is 1. The van der Waals surface area contributed by atoms with Crippen LogP contribution in [0.1, 0.15) is 31.2 Å². The molecule has 1 N–H and O–H groups in total. The molecule has 0 bridgehead atoms. The van der Waals surface area contributed by atoms with Crippen molar-refractivity contribution in [3.63, 3.8) is 0 Å². The molecule has 0 radical (unpaired) electrons. The van der Waals surface area contributed by atoms with Crippen molar-refractivity contribution < 1.29 is 19.0 Å². The van der Waals surface area contributed by atoms with Crippen LogP contribution in [0.2, 0.25) is 0 Å². The average molecular weight is 429 g/mol. The molecule has 2 fully saturated rings. The van der Waals surface area contributed by atoms with E-state index in [1.807, 2.05) is 12.1 Å². The fourth-order valence-electron chi connectivity index (χ4n) is 4.34. The van der Waals surface area contributed by atoms with E-state index in [0.29, 0.717) is 12.8 Å². The van der Waals surface area contributed by atoms with Gasteiger partial charge >= 0.3 is 0 Å². The van der Waals surface area contributed by atoms with Crippen molar-refractivity contribution in [2.45, 2.75) is 37.8 Å². The van der Waals surface area contributed by atoms with E-state index in [1.54, 1.807) is 18.2 Å². The number of likely N-dealkylation sites (tertiary alicyclic amines) is 2. The molecule has 0 aromatic heterocycles. The van der Waals surface area contributed by atoms with Crippen LogP contribution < -0.4 is 9.47 Å². The predicted octanol–water partition coefficient (Wildman–Crippen LogP) is 3.71. The van der Waals surface area contributed by atoms with Gasteiger partial charge in [0, 0.05) is 26.2 Å². The van der Waals surface area contributed by atoms with E-state index in [0.717, 1.165) is 38.5 Å². The zero-order chi connectivity index (χ0) is 21.5. The molecule has 2 aliphatic rings. The molecule has 0 spiro atoms. The Balaban J connectivity index is 1.21. The second-order valence-corrected chi connectivity index (χ2v) is 8.76. The summed E-state index contributed by atoms with van der Waals surface area (Å²) < 4.78 is 25.3. The van der Waals surface area contributed by atoms with E-state index in [-0.39, 0.29) is 12.4 Å². The van der Waals surface area contributed by atoms with Crippen LogP contribution in [0.3, 0.4) is 0 Å². The third-order valence-corrected chi connectivity index (χ3v) is 6.30. The van der Waals surface area contributed by atoms with Crippen molar-refractivity contribution in [2.75, 3.05) is 45.9 Å². The highest BCUT2D eigenvalue weighted by molar-refractivity contribution is 5.28. The third-order valence-electron chi connectivity index (χ3n) is 6.30. The molecule has 2 aliphatic heterocycles. The monoisotopic (exact) mass is 428 g/mol. The van der Waals surface area contributed by atoms with Crippen LogP contribution in [0, 0.1) is 5.82 Å². The number of hydrogen-bond acceptors (Lipinski definition) is 5. The summed E-state index contributed by atoms with van der Waals surface area (Å²) in [7, 11) is 0. The molecule has 6 heteroatoms. The molecule has 0 atom stereocenters. The number of para-hydroxylation sites is 1. The summed E-state index contributed by atoms with van der Waals surface area (Å²) in [4.78, 5) is 4.79. The van der Waals surface area contributed by atoms with Crippen LogP contribution in [0.4, 0.5) is 4.39 Å². The molecule has 31 heavy (non-hydrogen) atoms. The normalized spacial score (nSPS) is 19.4. The smallest absolute Gasteiger partial charge is 0.165 e. The Kier molecular flexibility index (Phi) is 7.43. The summed E-state index contributed by atoms with van der Waals surface area (Å²) in [6, 6.07) is 14.6. The Labute approximate surface area is 184 Å². The van der Waals surface area contributed by atoms with Crippen LogP contribution in [0.25, 0.3) is 0 Å². The van der Waals surface area contributed by atoms with E-state index >= 15 is 0 Å². The standard InChI is InChI=1S/C25H33FN2O3/c26-23-8-1-2-9-24(23)31-20-25(29)10-14-28(15-11-25)19-21-6-5-7-22(18-21)30-17-16-27-12-3-4-13-27/h1-2,5-9,18,29H,3-4,10-17,19-20H2. The largest absolute Gasteiger partial charge is 0.492 e. The topological polar surface area (TPSA) is 45.2 Å². The number of halogens is 1. The second-order valence-electron chi connectivity index (χ2n) is 8.76. The Hall–Kier alpha value is -2.15. The van der Waals surface area contributed by atoms with E-state index in [2.05, 4.69) is 21.9 Å². The summed E-state index contributed by atoms with van der Waals surface area (Å²) in [6.07, 6.45) is 3.81. The van der Waals surface area contributed by atoms with Gasteiger partial charge < -0.3 is 14.6 Å². The van der Waals surface area contributed by atoms with Gasteiger partial charge in [0.05, 0.1) is 0 Å². The number of nitrogens with zero attached hydrogens (tertiary/aromatic N) is 2. The molecule has 4 rings (SSSR count). The van der Waals surface area contributed by atoms with Crippen molar-refractivity contribution in [2.24, 2.45) is 0 Å². The van der Waals surface area contributed by atoms with Crippen LogP contribution in [-0.2, 0) is 6.54 Å². The molecule has 168 valence electrons. The first-order chi connectivity index (χ1) is 15.1. The Morgan fingerprint density at radius 3 is 2.45 bits per heavy atom. The Morgan fingerprint density at radius 1 is 0.903 bits per heavy atom. The van der Waals surface area contributed by atoms with Crippen molar-refractivity contribution in [3.05, 3.63) is 59.9 Å². The number of benzene rings is 2. The van der Waals surface area contributed by atoms with E-state index in [4.69, 9.17) is 9.47 Å². The van der Waals surface area contributed by atoms with Gasteiger partial charge in [-0.25, -0.2) is 4.39 Å². The minimum absolute atomic E-state index is 0.113. The van der Waals surface area contributed by atoms with Crippen LogP contribution in [-0.4, -0.2) is 66.4 Å². The summed E-state index contributed by atoms with van der Waals surface area (Å²) in [5.74, 6) is 0.717. The SMILES string of the molecule is OC1(COc2ccccc2F)CCN(Cc2cccc(OCCN3CCCC3)c2)CC1. The van der Waals surface area contributed by atoms with Gasteiger partial charge in [0.2, 0.25) is 0 Å². The number of aliphatic hydroxyl groups is 1. The van der Waals surface area contributed by atoms with E-state index < -0.39 is 11.4 Å². The highest BCUT2D eigenvalue weighted by Crippen LogP contribution is 2.26. The summed E-state index contributed by atoms with van der Waals surface area (Å²) >= 11 is 0. The quantitative estimate of drug-likeness (QED) is 0.660. The lowest BCUT2D eigenvalue weighted by Gasteiger charge is -2.38. The zero-order valence-corrected chi connectivity index (χ0v) is 18.1. The zero-order valence-electron chi connectivity index (χ0n) is 18.1.